The molecule has 1 N–H and O–H groups in total. The van der Waals surface area contributed by atoms with Gasteiger partial charge in [0, 0.05) is 38.6 Å². The Morgan fingerprint density at radius 2 is 1.66 bits per heavy atom. The quantitative estimate of drug-likeness (QED) is 0.396. The van der Waals surface area contributed by atoms with Crippen LogP contribution >= 0.6 is 0 Å². The number of aromatic nitrogens is 3. The van der Waals surface area contributed by atoms with Crippen molar-refractivity contribution in [3.63, 3.8) is 0 Å². The topological polar surface area (TPSA) is 46.0 Å². The lowest BCUT2D eigenvalue weighted by molar-refractivity contribution is 0.699. The second kappa shape index (κ2) is 9.43. The number of rotatable bonds is 8. The molecule has 0 bridgehead atoms. The van der Waals surface area contributed by atoms with E-state index in [1.54, 1.807) is 6.33 Å². The van der Waals surface area contributed by atoms with Gasteiger partial charge in [0.25, 0.3) is 0 Å². The minimum absolute atomic E-state index is 0.399. The first-order valence-electron chi connectivity index (χ1n) is 11.3. The molecule has 0 saturated carbocycles. The second-order valence-electron chi connectivity index (χ2n) is 8.90. The van der Waals surface area contributed by atoms with Crippen LogP contribution in [0.2, 0.25) is 0 Å². The van der Waals surface area contributed by atoms with Crippen LogP contribution in [0.25, 0.3) is 11.0 Å². The highest BCUT2D eigenvalue weighted by molar-refractivity contribution is 5.92. The van der Waals surface area contributed by atoms with Crippen LogP contribution in [0.1, 0.15) is 42.1 Å². The highest BCUT2D eigenvalue weighted by Gasteiger charge is 2.21. The number of nitrogens with one attached hydrogen (secondary N) is 1. The van der Waals surface area contributed by atoms with Gasteiger partial charge in [-0.3, -0.25) is 0 Å². The molecule has 2 aromatic carbocycles. The summed E-state index contributed by atoms with van der Waals surface area (Å²) >= 11 is 0. The molecule has 5 heteroatoms. The van der Waals surface area contributed by atoms with Crippen molar-refractivity contribution in [1.29, 1.82) is 0 Å². The van der Waals surface area contributed by atoms with E-state index in [0.29, 0.717) is 5.92 Å². The Morgan fingerprint density at radius 3 is 2.31 bits per heavy atom. The van der Waals surface area contributed by atoms with E-state index in [1.165, 1.54) is 28.1 Å². The zero-order valence-electron chi connectivity index (χ0n) is 19.8. The number of hydrogen-bond donors (Lipinski definition) is 1. The van der Waals surface area contributed by atoms with Crippen LogP contribution in [0.3, 0.4) is 0 Å². The summed E-state index contributed by atoms with van der Waals surface area (Å²) in [5.74, 6) is 1.32. The molecule has 2 aromatic heterocycles. The van der Waals surface area contributed by atoms with Crippen LogP contribution in [-0.2, 0) is 13.0 Å². The van der Waals surface area contributed by atoms with Crippen LogP contribution in [0.15, 0.2) is 60.9 Å². The van der Waals surface area contributed by atoms with Crippen molar-refractivity contribution in [2.75, 3.05) is 30.9 Å². The fourth-order valence-electron chi connectivity index (χ4n) is 4.46. The Morgan fingerprint density at radius 1 is 0.938 bits per heavy atom. The molecule has 0 unspecified atom stereocenters. The molecule has 2 heterocycles. The number of hydrogen-bond acceptors (Lipinski definition) is 4. The van der Waals surface area contributed by atoms with Crippen LogP contribution < -0.4 is 10.2 Å². The normalized spacial score (nSPS) is 11.3. The van der Waals surface area contributed by atoms with E-state index in [4.69, 9.17) is 4.98 Å². The minimum Gasteiger partial charge on any atom is -0.378 e. The lowest BCUT2D eigenvalue weighted by Crippen LogP contribution is -2.09. The average molecular weight is 428 g/mol. The summed E-state index contributed by atoms with van der Waals surface area (Å²) in [4.78, 5) is 11.4. The van der Waals surface area contributed by atoms with Gasteiger partial charge in [-0.15, -0.1) is 0 Å². The molecule has 5 nitrogen and oxygen atoms in total. The van der Waals surface area contributed by atoms with Crippen LogP contribution in [0, 0.1) is 6.92 Å². The molecule has 0 saturated heterocycles. The van der Waals surface area contributed by atoms with Crippen molar-refractivity contribution < 1.29 is 0 Å². The molecule has 4 rings (SSSR count). The van der Waals surface area contributed by atoms with Gasteiger partial charge in [-0.1, -0.05) is 56.3 Å². The van der Waals surface area contributed by atoms with Crippen molar-refractivity contribution in [2.24, 2.45) is 0 Å². The van der Waals surface area contributed by atoms with E-state index in [2.05, 4.69) is 109 Å². The van der Waals surface area contributed by atoms with Crippen molar-refractivity contribution in [1.82, 2.24) is 14.5 Å². The standard InChI is InChI=1S/C27H33N5/c1-19(2)25-20(3)24-26(28-16-15-21-11-13-23(14-12-21)31(4)5)29-18-30-27(24)32(25)17-22-9-7-6-8-10-22/h6-14,18-19H,15-17H2,1-5H3,(H,28,29,30). The molecular formula is C27H33N5. The zero-order valence-corrected chi connectivity index (χ0v) is 19.8. The van der Waals surface area contributed by atoms with Crippen molar-refractivity contribution >= 4 is 22.5 Å². The fourth-order valence-corrected chi connectivity index (χ4v) is 4.46. The Labute approximate surface area is 191 Å². The number of nitrogens with zero attached hydrogens (tertiary/aromatic N) is 4. The summed E-state index contributed by atoms with van der Waals surface area (Å²) in [5.41, 5.74) is 7.41. The van der Waals surface area contributed by atoms with E-state index < -0.39 is 0 Å². The summed E-state index contributed by atoms with van der Waals surface area (Å²) < 4.78 is 2.36. The molecule has 32 heavy (non-hydrogen) atoms. The highest BCUT2D eigenvalue weighted by Crippen LogP contribution is 2.33. The molecule has 0 atom stereocenters. The lowest BCUT2D eigenvalue weighted by Gasteiger charge is -2.14. The predicted octanol–water partition coefficient (Wildman–Crippen LogP) is 5.63. The Balaban J connectivity index is 1.60. The summed E-state index contributed by atoms with van der Waals surface area (Å²) in [5, 5.41) is 4.72. The molecule has 4 aromatic rings. The third-order valence-corrected chi connectivity index (χ3v) is 6.02. The van der Waals surface area contributed by atoms with Gasteiger partial charge >= 0.3 is 0 Å². The Kier molecular flexibility index (Phi) is 6.45. The minimum atomic E-state index is 0.399. The van der Waals surface area contributed by atoms with E-state index >= 15 is 0 Å². The maximum atomic E-state index is 4.70. The fraction of sp³-hybridized carbons (Fsp3) is 0.333. The van der Waals surface area contributed by atoms with E-state index in [0.717, 1.165) is 36.4 Å². The van der Waals surface area contributed by atoms with Gasteiger partial charge in [-0.05, 0) is 48.1 Å². The first-order valence-corrected chi connectivity index (χ1v) is 11.3. The predicted molar refractivity (Wildman–Crippen MR) is 135 cm³/mol. The Hall–Kier alpha value is -3.34. The van der Waals surface area contributed by atoms with E-state index in [1.807, 2.05) is 0 Å². The van der Waals surface area contributed by atoms with Gasteiger partial charge in [-0.25, -0.2) is 9.97 Å². The second-order valence-corrected chi connectivity index (χ2v) is 8.90. The number of benzene rings is 2. The molecule has 0 radical (unpaired) electrons. The van der Waals surface area contributed by atoms with Gasteiger partial charge in [0.1, 0.15) is 17.8 Å². The van der Waals surface area contributed by atoms with E-state index in [-0.39, 0.29) is 0 Å². The van der Waals surface area contributed by atoms with Crippen LogP contribution in [-0.4, -0.2) is 35.2 Å². The molecule has 0 aliphatic heterocycles. The van der Waals surface area contributed by atoms with Crippen molar-refractivity contribution in [2.45, 2.75) is 39.7 Å². The summed E-state index contributed by atoms with van der Waals surface area (Å²) in [6, 6.07) is 19.3. The monoisotopic (exact) mass is 427 g/mol. The molecule has 0 aliphatic carbocycles. The number of aryl methyl sites for hydroxylation is 1. The van der Waals surface area contributed by atoms with Crippen molar-refractivity contribution in [3.05, 3.63) is 83.3 Å². The smallest absolute Gasteiger partial charge is 0.146 e. The first kappa shape index (κ1) is 21.9. The Bertz CT molecular complexity index is 1170. The van der Waals surface area contributed by atoms with E-state index in [9.17, 15) is 0 Å². The van der Waals surface area contributed by atoms with Gasteiger partial charge in [-0.2, -0.15) is 0 Å². The first-order chi connectivity index (χ1) is 15.5. The van der Waals surface area contributed by atoms with Gasteiger partial charge in [0.15, 0.2) is 0 Å². The van der Waals surface area contributed by atoms with Gasteiger partial charge in [0.2, 0.25) is 0 Å². The number of fused-ring (bicyclic) bond motifs is 1. The number of anilines is 2. The van der Waals surface area contributed by atoms with Crippen molar-refractivity contribution in [3.8, 4) is 0 Å². The molecule has 0 spiro atoms. The molecule has 166 valence electrons. The summed E-state index contributed by atoms with van der Waals surface area (Å²) in [7, 11) is 4.13. The van der Waals surface area contributed by atoms with Gasteiger partial charge < -0.3 is 14.8 Å². The lowest BCUT2D eigenvalue weighted by atomic mass is 10.0. The highest BCUT2D eigenvalue weighted by atomic mass is 15.1. The SMILES string of the molecule is Cc1c(C(C)C)n(Cc2ccccc2)c2ncnc(NCCc3ccc(N(C)C)cc3)c12. The zero-order chi connectivity index (χ0) is 22.7. The van der Waals surface area contributed by atoms with Crippen LogP contribution in [0.5, 0.6) is 0 Å². The molecular weight excluding hydrogens is 394 g/mol. The van der Waals surface area contributed by atoms with Gasteiger partial charge in [0.05, 0.1) is 5.39 Å². The average Bonchev–Trinajstić information content (AvgIpc) is 3.07. The largest absolute Gasteiger partial charge is 0.378 e. The third kappa shape index (κ3) is 4.47. The maximum absolute atomic E-state index is 4.70. The molecule has 0 aliphatic rings. The molecule has 0 amide bonds. The van der Waals surface area contributed by atoms with Crippen LogP contribution in [0.4, 0.5) is 11.5 Å². The molecule has 0 fully saturated rings. The maximum Gasteiger partial charge on any atom is 0.146 e. The summed E-state index contributed by atoms with van der Waals surface area (Å²) in [6.07, 6.45) is 2.63. The third-order valence-electron chi connectivity index (χ3n) is 6.02. The summed E-state index contributed by atoms with van der Waals surface area (Å²) in [6.45, 7) is 8.34.